The van der Waals surface area contributed by atoms with Gasteiger partial charge in [0.15, 0.2) is 5.16 Å². The number of H-pyrrole nitrogens is 1. The largest absolute Gasteiger partial charge is 0.349 e. The zero-order chi connectivity index (χ0) is 19.1. The maximum atomic E-state index is 12.3. The van der Waals surface area contributed by atoms with Crippen LogP contribution in [0.1, 0.15) is 29.8 Å². The molecule has 3 rings (SSSR count). The van der Waals surface area contributed by atoms with E-state index in [4.69, 9.17) is 0 Å². The van der Waals surface area contributed by atoms with Gasteiger partial charge in [-0.1, -0.05) is 72.4 Å². The van der Waals surface area contributed by atoms with Crippen LogP contribution in [0.2, 0.25) is 0 Å². The highest BCUT2D eigenvalue weighted by Gasteiger charge is 2.12. The fourth-order valence-corrected chi connectivity index (χ4v) is 3.50. The van der Waals surface area contributed by atoms with Crippen LogP contribution in [0.3, 0.4) is 0 Å². The summed E-state index contributed by atoms with van der Waals surface area (Å²) in [6.45, 7) is 1.93. The molecule has 0 aliphatic heterocycles. The second kappa shape index (κ2) is 9.19. The summed E-state index contributed by atoms with van der Waals surface area (Å²) in [6.07, 6.45) is 0.0694. The summed E-state index contributed by atoms with van der Waals surface area (Å²) in [6, 6.07) is 21.0. The number of nitrogens with one attached hydrogen (secondary N) is 2. The molecule has 5 nitrogen and oxygen atoms in total. The third-order valence-corrected chi connectivity index (χ3v) is 4.95. The molecule has 0 unspecified atom stereocenters. The van der Waals surface area contributed by atoms with Gasteiger partial charge < -0.3 is 10.3 Å². The summed E-state index contributed by atoms with van der Waals surface area (Å²) in [5.41, 5.74) is 2.39. The third kappa shape index (κ3) is 5.82. The maximum absolute atomic E-state index is 12.3. The molecule has 2 aromatic carbocycles. The zero-order valence-electron chi connectivity index (χ0n) is 15.0. The molecule has 0 bridgehead atoms. The lowest BCUT2D eigenvalue weighted by Gasteiger charge is -2.14. The summed E-state index contributed by atoms with van der Waals surface area (Å²) in [4.78, 5) is 31.4. The van der Waals surface area contributed by atoms with E-state index >= 15 is 0 Å². The number of hydrogen-bond donors (Lipinski definition) is 2. The van der Waals surface area contributed by atoms with Crippen molar-refractivity contribution < 1.29 is 4.79 Å². The molecule has 1 amide bonds. The average molecular weight is 379 g/mol. The first-order valence-electron chi connectivity index (χ1n) is 8.71. The summed E-state index contributed by atoms with van der Waals surface area (Å²) < 4.78 is 0. The van der Waals surface area contributed by atoms with Gasteiger partial charge in [-0.25, -0.2) is 4.98 Å². The Labute approximate surface area is 162 Å². The number of carbonyl (C=O) groups excluding carboxylic acids is 1. The van der Waals surface area contributed by atoms with E-state index in [1.807, 2.05) is 67.6 Å². The van der Waals surface area contributed by atoms with Crippen molar-refractivity contribution >= 4 is 17.7 Å². The molecule has 0 aliphatic rings. The molecule has 0 saturated carbocycles. The molecule has 1 heterocycles. The monoisotopic (exact) mass is 379 g/mol. The van der Waals surface area contributed by atoms with Gasteiger partial charge >= 0.3 is 0 Å². The predicted octanol–water partition coefficient (Wildman–Crippen LogP) is 3.48. The molecule has 2 N–H and O–H groups in total. The molecular weight excluding hydrogens is 358 g/mol. The molecule has 3 aromatic rings. The molecule has 0 saturated heterocycles. The van der Waals surface area contributed by atoms with Gasteiger partial charge in [0, 0.05) is 11.8 Å². The smallest absolute Gasteiger partial charge is 0.251 e. The number of aromatic amines is 1. The minimum Gasteiger partial charge on any atom is -0.349 e. The molecule has 0 spiro atoms. The number of amides is 1. The molecule has 1 atom stereocenters. The van der Waals surface area contributed by atoms with Gasteiger partial charge in [-0.3, -0.25) is 9.59 Å². The molecule has 0 radical (unpaired) electrons. The van der Waals surface area contributed by atoms with Crippen LogP contribution in [0.15, 0.2) is 76.7 Å². The Morgan fingerprint density at radius 2 is 1.78 bits per heavy atom. The van der Waals surface area contributed by atoms with Crippen LogP contribution < -0.4 is 10.9 Å². The van der Waals surface area contributed by atoms with Crippen molar-refractivity contribution in [2.45, 2.75) is 30.3 Å². The summed E-state index contributed by atoms with van der Waals surface area (Å²) in [5.74, 6) is 0.535. The van der Waals surface area contributed by atoms with Crippen molar-refractivity contribution in [1.82, 2.24) is 15.3 Å². The highest BCUT2D eigenvalue weighted by Crippen LogP contribution is 2.18. The molecule has 1 aromatic heterocycles. The summed E-state index contributed by atoms with van der Waals surface area (Å²) in [5, 5.41) is 3.46. The SMILES string of the molecule is C[C@H](NC(=O)Cc1cc(=O)[nH]c(SCc2ccccc2)n1)c1ccccc1. The lowest BCUT2D eigenvalue weighted by Crippen LogP contribution is -2.29. The lowest BCUT2D eigenvalue weighted by atomic mass is 10.1. The van der Waals surface area contributed by atoms with E-state index in [9.17, 15) is 9.59 Å². The van der Waals surface area contributed by atoms with E-state index in [2.05, 4.69) is 15.3 Å². The number of benzene rings is 2. The Morgan fingerprint density at radius 1 is 1.11 bits per heavy atom. The van der Waals surface area contributed by atoms with Crippen molar-refractivity contribution in [3.63, 3.8) is 0 Å². The van der Waals surface area contributed by atoms with Gasteiger partial charge in [0.1, 0.15) is 0 Å². The van der Waals surface area contributed by atoms with E-state index in [0.717, 1.165) is 11.1 Å². The van der Waals surface area contributed by atoms with Gasteiger partial charge in [0.25, 0.3) is 5.56 Å². The lowest BCUT2D eigenvalue weighted by molar-refractivity contribution is -0.121. The number of aromatic nitrogens is 2. The van der Waals surface area contributed by atoms with Gasteiger partial charge in [-0.2, -0.15) is 0 Å². The zero-order valence-corrected chi connectivity index (χ0v) is 15.8. The second-order valence-corrected chi connectivity index (χ2v) is 7.16. The number of carbonyl (C=O) groups is 1. The maximum Gasteiger partial charge on any atom is 0.251 e. The van der Waals surface area contributed by atoms with E-state index in [0.29, 0.717) is 16.6 Å². The average Bonchev–Trinajstić information content (AvgIpc) is 2.67. The van der Waals surface area contributed by atoms with E-state index < -0.39 is 0 Å². The number of thioether (sulfide) groups is 1. The Morgan fingerprint density at radius 3 is 2.48 bits per heavy atom. The van der Waals surface area contributed by atoms with Crippen LogP contribution in [0.4, 0.5) is 0 Å². The van der Waals surface area contributed by atoms with Crippen molar-refractivity contribution in [2.75, 3.05) is 0 Å². The van der Waals surface area contributed by atoms with E-state index in [1.165, 1.54) is 17.8 Å². The molecule has 0 fully saturated rings. The Balaban J connectivity index is 1.61. The second-order valence-electron chi connectivity index (χ2n) is 6.19. The molecule has 0 aliphatic carbocycles. The van der Waals surface area contributed by atoms with Crippen LogP contribution in [-0.4, -0.2) is 15.9 Å². The number of rotatable bonds is 7. The van der Waals surface area contributed by atoms with Crippen LogP contribution in [0.5, 0.6) is 0 Å². The van der Waals surface area contributed by atoms with E-state index in [-0.39, 0.29) is 23.9 Å². The molecule has 27 heavy (non-hydrogen) atoms. The first-order valence-corrected chi connectivity index (χ1v) is 9.70. The minimum atomic E-state index is -0.250. The van der Waals surface area contributed by atoms with Crippen molar-refractivity contribution in [1.29, 1.82) is 0 Å². The normalized spacial score (nSPS) is 11.7. The third-order valence-electron chi connectivity index (χ3n) is 4.01. The standard InChI is InChI=1S/C21H21N3O2S/c1-15(17-10-6-3-7-11-17)22-19(25)12-18-13-20(26)24-21(23-18)27-14-16-8-4-2-5-9-16/h2-11,13,15H,12,14H2,1H3,(H,22,25)(H,23,24,26)/t15-/m0/s1. The number of nitrogens with zero attached hydrogens (tertiary/aromatic N) is 1. The first kappa shape index (κ1) is 18.9. The number of hydrogen-bond acceptors (Lipinski definition) is 4. The fourth-order valence-electron chi connectivity index (χ4n) is 2.65. The van der Waals surface area contributed by atoms with Crippen LogP contribution in [0.25, 0.3) is 0 Å². The fraction of sp³-hybridized carbons (Fsp3) is 0.190. The highest BCUT2D eigenvalue weighted by molar-refractivity contribution is 7.98. The van der Waals surface area contributed by atoms with Gasteiger partial charge in [0.05, 0.1) is 18.2 Å². The summed E-state index contributed by atoms with van der Waals surface area (Å²) in [7, 11) is 0. The van der Waals surface area contributed by atoms with Gasteiger partial charge in [0.2, 0.25) is 5.91 Å². The predicted molar refractivity (Wildman–Crippen MR) is 108 cm³/mol. The van der Waals surface area contributed by atoms with Gasteiger partial charge in [-0.05, 0) is 18.1 Å². The first-order chi connectivity index (χ1) is 13.1. The Hall–Kier alpha value is -2.86. The van der Waals surface area contributed by atoms with Crippen LogP contribution in [-0.2, 0) is 17.0 Å². The quantitative estimate of drug-likeness (QED) is 0.487. The van der Waals surface area contributed by atoms with Crippen LogP contribution >= 0.6 is 11.8 Å². The molecule has 138 valence electrons. The van der Waals surface area contributed by atoms with Crippen LogP contribution in [0, 0.1) is 0 Å². The summed E-state index contributed by atoms with van der Waals surface area (Å²) >= 11 is 1.44. The Kier molecular flexibility index (Phi) is 6.44. The van der Waals surface area contributed by atoms with E-state index in [1.54, 1.807) is 0 Å². The van der Waals surface area contributed by atoms with Gasteiger partial charge in [-0.15, -0.1) is 0 Å². The minimum absolute atomic E-state index is 0.0694. The van der Waals surface area contributed by atoms with Crippen molar-refractivity contribution in [3.05, 3.63) is 93.9 Å². The molecular formula is C21H21N3O2S. The molecule has 6 heteroatoms. The van der Waals surface area contributed by atoms with Crippen molar-refractivity contribution in [3.8, 4) is 0 Å². The topological polar surface area (TPSA) is 74.8 Å². The highest BCUT2D eigenvalue weighted by atomic mass is 32.2. The van der Waals surface area contributed by atoms with Crippen molar-refractivity contribution in [2.24, 2.45) is 0 Å². The Bertz CT molecular complexity index is 942.